The monoisotopic (exact) mass is 261 g/mol. The molecule has 1 aliphatic carbocycles. The fourth-order valence-electron chi connectivity index (χ4n) is 3.60. The first-order valence-corrected chi connectivity index (χ1v) is 6.87. The minimum atomic E-state index is -0.163. The summed E-state index contributed by atoms with van der Waals surface area (Å²) in [6, 6.07) is 0.158. The van der Waals surface area contributed by atoms with E-state index in [0.29, 0.717) is 6.04 Å². The Bertz CT molecular complexity index is 487. The number of hydrogen-bond donors (Lipinski definition) is 3. The summed E-state index contributed by atoms with van der Waals surface area (Å²) in [6.45, 7) is 2.05. The van der Waals surface area contributed by atoms with Crippen LogP contribution in [0.25, 0.3) is 0 Å². The second-order valence-electron chi connectivity index (χ2n) is 5.68. The molecule has 0 aromatic heterocycles. The molecule has 3 N–H and O–H groups in total. The zero-order valence-corrected chi connectivity index (χ0v) is 11.1. The smallest absolute Gasteiger partial charge is 0.245 e. The fourth-order valence-corrected chi connectivity index (χ4v) is 3.60. The van der Waals surface area contributed by atoms with Gasteiger partial charge in [0.15, 0.2) is 6.29 Å². The van der Waals surface area contributed by atoms with Gasteiger partial charge in [-0.05, 0) is 19.4 Å². The molecular weight excluding hydrogens is 242 g/mol. The minimum Gasteiger partial charge on any atom is -0.323 e. The highest BCUT2D eigenvalue weighted by Crippen LogP contribution is 2.34. The standard InChI is InChI=1S/C13H19N5O/c1-7-14-10-11(15-7)18-9-6-4-3-5-8(9)16-13(18)17(2)12(10)19/h3-4,6-8,10-11,13-16H,5H2,1-2H3/t7-,8?,10?,11?,13?/m0/s1. The molecule has 6 nitrogen and oxygen atoms in total. The van der Waals surface area contributed by atoms with E-state index in [-0.39, 0.29) is 30.6 Å². The predicted molar refractivity (Wildman–Crippen MR) is 70.5 cm³/mol. The Morgan fingerprint density at radius 1 is 1.32 bits per heavy atom. The van der Waals surface area contributed by atoms with Gasteiger partial charge >= 0.3 is 0 Å². The molecule has 3 aliphatic heterocycles. The largest absolute Gasteiger partial charge is 0.323 e. The summed E-state index contributed by atoms with van der Waals surface area (Å²) in [4.78, 5) is 16.6. The van der Waals surface area contributed by atoms with Crippen molar-refractivity contribution in [2.45, 2.75) is 44.0 Å². The van der Waals surface area contributed by atoms with Crippen LogP contribution in [-0.4, -0.2) is 53.5 Å². The summed E-state index contributed by atoms with van der Waals surface area (Å²) in [6.07, 6.45) is 7.58. The number of hydrogen-bond acceptors (Lipinski definition) is 5. The van der Waals surface area contributed by atoms with Crippen LogP contribution in [0, 0.1) is 0 Å². The quantitative estimate of drug-likeness (QED) is 0.527. The van der Waals surface area contributed by atoms with Gasteiger partial charge in [0.1, 0.15) is 12.2 Å². The third-order valence-corrected chi connectivity index (χ3v) is 4.49. The summed E-state index contributed by atoms with van der Waals surface area (Å²) >= 11 is 0. The van der Waals surface area contributed by atoms with Crippen molar-refractivity contribution < 1.29 is 4.79 Å². The van der Waals surface area contributed by atoms with Crippen molar-refractivity contribution in [2.24, 2.45) is 0 Å². The zero-order valence-electron chi connectivity index (χ0n) is 11.1. The molecule has 0 bridgehead atoms. The Kier molecular flexibility index (Phi) is 2.30. The summed E-state index contributed by atoms with van der Waals surface area (Å²) in [7, 11) is 1.87. The molecule has 0 radical (unpaired) electrons. The summed E-state index contributed by atoms with van der Waals surface area (Å²) in [5, 5.41) is 10.3. The van der Waals surface area contributed by atoms with Gasteiger partial charge in [-0.1, -0.05) is 12.2 Å². The first-order chi connectivity index (χ1) is 9.16. The highest BCUT2D eigenvalue weighted by molar-refractivity contribution is 5.84. The van der Waals surface area contributed by atoms with E-state index in [4.69, 9.17) is 0 Å². The molecule has 102 valence electrons. The second-order valence-corrected chi connectivity index (χ2v) is 5.68. The van der Waals surface area contributed by atoms with Gasteiger partial charge in [0.2, 0.25) is 5.91 Å². The maximum Gasteiger partial charge on any atom is 0.245 e. The van der Waals surface area contributed by atoms with Gasteiger partial charge in [-0.2, -0.15) is 0 Å². The van der Waals surface area contributed by atoms with Crippen LogP contribution in [-0.2, 0) is 4.79 Å². The Balaban J connectivity index is 1.75. The van der Waals surface area contributed by atoms with E-state index in [1.165, 1.54) is 5.70 Å². The number of nitrogens with zero attached hydrogens (tertiary/aromatic N) is 2. The average Bonchev–Trinajstić information content (AvgIpc) is 2.96. The van der Waals surface area contributed by atoms with E-state index in [9.17, 15) is 4.79 Å². The molecular formula is C13H19N5O. The van der Waals surface area contributed by atoms with Crippen molar-refractivity contribution in [2.75, 3.05) is 7.05 Å². The lowest BCUT2D eigenvalue weighted by molar-refractivity contribution is -0.146. The van der Waals surface area contributed by atoms with Crippen LogP contribution in [0.1, 0.15) is 13.3 Å². The summed E-state index contributed by atoms with van der Waals surface area (Å²) in [5.74, 6) is 0.155. The molecule has 0 aromatic carbocycles. The van der Waals surface area contributed by atoms with E-state index < -0.39 is 0 Å². The van der Waals surface area contributed by atoms with Crippen molar-refractivity contribution in [3.63, 3.8) is 0 Å². The zero-order chi connectivity index (χ0) is 13.1. The number of likely N-dealkylation sites (N-methyl/N-ethyl adjacent to an activating group) is 1. The van der Waals surface area contributed by atoms with Gasteiger partial charge < -0.3 is 9.80 Å². The normalized spacial score (nSPS) is 44.0. The third-order valence-electron chi connectivity index (χ3n) is 4.49. The first-order valence-electron chi connectivity index (χ1n) is 6.87. The highest BCUT2D eigenvalue weighted by atomic mass is 16.2. The number of rotatable bonds is 0. The van der Waals surface area contributed by atoms with Crippen LogP contribution in [0.2, 0.25) is 0 Å². The molecule has 3 heterocycles. The van der Waals surface area contributed by atoms with Crippen LogP contribution in [0.15, 0.2) is 23.9 Å². The van der Waals surface area contributed by atoms with Crippen molar-refractivity contribution in [3.05, 3.63) is 23.9 Å². The molecule has 4 aliphatic rings. The second kappa shape index (κ2) is 3.82. The lowest BCUT2D eigenvalue weighted by atomic mass is 10.0. The SMILES string of the molecule is C[C@H]1NC2C(=O)N(C)C3NC4CC=CC=C4N3C2N1. The van der Waals surface area contributed by atoms with E-state index in [1.54, 1.807) is 0 Å². The van der Waals surface area contributed by atoms with Gasteiger partial charge in [-0.15, -0.1) is 0 Å². The number of amides is 1. The van der Waals surface area contributed by atoms with Crippen molar-refractivity contribution in [1.82, 2.24) is 25.8 Å². The maximum atomic E-state index is 12.4. The van der Waals surface area contributed by atoms with E-state index in [1.807, 2.05) is 11.9 Å². The van der Waals surface area contributed by atoms with Crippen molar-refractivity contribution in [3.8, 4) is 0 Å². The molecule has 6 heteroatoms. The molecule has 3 fully saturated rings. The van der Waals surface area contributed by atoms with E-state index in [2.05, 4.69) is 46.0 Å². The maximum absolute atomic E-state index is 12.4. The molecule has 5 atom stereocenters. The molecule has 0 saturated carbocycles. The van der Waals surface area contributed by atoms with Crippen molar-refractivity contribution in [1.29, 1.82) is 0 Å². The first kappa shape index (κ1) is 11.5. The average molecular weight is 261 g/mol. The Labute approximate surface area is 112 Å². The van der Waals surface area contributed by atoms with Gasteiger partial charge in [0, 0.05) is 12.7 Å². The third kappa shape index (κ3) is 1.45. The van der Waals surface area contributed by atoms with E-state index in [0.717, 1.165) is 6.42 Å². The topological polar surface area (TPSA) is 59.6 Å². The highest BCUT2D eigenvalue weighted by Gasteiger charge is 2.54. The van der Waals surface area contributed by atoms with Gasteiger partial charge in [0.25, 0.3) is 0 Å². The minimum absolute atomic E-state index is 0.0375. The number of carbonyl (C=O) groups is 1. The lowest BCUT2D eigenvalue weighted by Crippen LogP contribution is -2.68. The van der Waals surface area contributed by atoms with Gasteiger partial charge in [-0.3, -0.25) is 20.7 Å². The number of carbonyl (C=O) groups excluding carboxylic acids is 1. The molecule has 3 saturated heterocycles. The van der Waals surface area contributed by atoms with Crippen LogP contribution < -0.4 is 16.0 Å². The lowest BCUT2D eigenvalue weighted by Gasteiger charge is -2.45. The molecule has 1 amide bonds. The van der Waals surface area contributed by atoms with Crippen LogP contribution in [0.5, 0.6) is 0 Å². The molecule has 0 aromatic rings. The molecule has 0 spiro atoms. The van der Waals surface area contributed by atoms with Gasteiger partial charge in [-0.25, -0.2) is 0 Å². The fraction of sp³-hybridized carbons (Fsp3) is 0.615. The Hall–Kier alpha value is -1.37. The van der Waals surface area contributed by atoms with Crippen LogP contribution in [0.4, 0.5) is 0 Å². The predicted octanol–water partition coefficient (Wildman–Crippen LogP) is -0.907. The number of fused-ring (bicyclic) bond motifs is 5. The Morgan fingerprint density at radius 3 is 3.00 bits per heavy atom. The van der Waals surface area contributed by atoms with Crippen LogP contribution in [0.3, 0.4) is 0 Å². The number of nitrogens with one attached hydrogen (secondary N) is 3. The summed E-state index contributed by atoms with van der Waals surface area (Å²) in [5.41, 5.74) is 1.28. The Morgan fingerprint density at radius 2 is 2.16 bits per heavy atom. The van der Waals surface area contributed by atoms with Gasteiger partial charge in [0.05, 0.1) is 12.2 Å². The van der Waals surface area contributed by atoms with E-state index >= 15 is 0 Å². The molecule has 4 rings (SSSR count). The van der Waals surface area contributed by atoms with Crippen LogP contribution >= 0.6 is 0 Å². The summed E-state index contributed by atoms with van der Waals surface area (Å²) < 4.78 is 0. The molecule has 19 heavy (non-hydrogen) atoms. The number of allylic oxidation sites excluding steroid dienone is 2. The molecule has 4 unspecified atom stereocenters. The van der Waals surface area contributed by atoms with Crippen molar-refractivity contribution >= 4 is 5.91 Å².